The number of aryl methyl sites for hydroxylation is 1. The van der Waals surface area contributed by atoms with Gasteiger partial charge in [-0.3, -0.25) is 4.79 Å². The van der Waals surface area contributed by atoms with Crippen molar-refractivity contribution in [2.24, 2.45) is 0 Å². The van der Waals surface area contributed by atoms with Crippen molar-refractivity contribution in [2.45, 2.75) is 19.9 Å². The lowest BCUT2D eigenvalue weighted by atomic mass is 10.2. The molecule has 3 nitrogen and oxygen atoms in total. The molecule has 0 aliphatic rings. The van der Waals surface area contributed by atoms with Crippen LogP contribution in [0.1, 0.15) is 29.5 Å². The molecule has 0 atom stereocenters. The van der Waals surface area contributed by atoms with E-state index in [0.717, 1.165) is 16.8 Å². The summed E-state index contributed by atoms with van der Waals surface area (Å²) in [5, 5.41) is 1.84. The number of carbonyl (C=O) groups excluding carboxylic acids is 1. The number of rotatable bonds is 4. The van der Waals surface area contributed by atoms with Gasteiger partial charge in [0.25, 0.3) is 0 Å². The molecule has 0 aliphatic heterocycles. The Balaban J connectivity index is 2.30. The smallest absolute Gasteiger partial charge is 0.229 e. The molecule has 0 radical (unpaired) electrons. The van der Waals surface area contributed by atoms with Crippen LogP contribution in [-0.2, 0) is 6.54 Å². The van der Waals surface area contributed by atoms with Gasteiger partial charge in [0.2, 0.25) is 5.78 Å². The first-order chi connectivity index (χ1) is 7.72. The van der Waals surface area contributed by atoms with E-state index in [1.807, 2.05) is 22.2 Å². The third-order valence-electron chi connectivity index (χ3n) is 2.21. The molecular formula is C11H11BrN2OS. The first kappa shape index (κ1) is 11.5. The highest BCUT2D eigenvalue weighted by atomic mass is 79.9. The molecule has 16 heavy (non-hydrogen) atoms. The van der Waals surface area contributed by atoms with Crippen LogP contribution in [0, 0.1) is 0 Å². The predicted molar refractivity (Wildman–Crippen MR) is 68.0 cm³/mol. The van der Waals surface area contributed by atoms with Crippen LogP contribution in [-0.4, -0.2) is 15.3 Å². The second-order valence-electron chi connectivity index (χ2n) is 3.41. The van der Waals surface area contributed by atoms with Gasteiger partial charge in [-0.15, -0.1) is 11.3 Å². The number of aromatic nitrogens is 2. The van der Waals surface area contributed by atoms with E-state index >= 15 is 0 Å². The van der Waals surface area contributed by atoms with Crippen molar-refractivity contribution in [3.63, 3.8) is 0 Å². The predicted octanol–water partition coefficient (Wildman–Crippen LogP) is 3.35. The molecule has 84 valence electrons. The van der Waals surface area contributed by atoms with Crippen molar-refractivity contribution in [1.29, 1.82) is 0 Å². The number of ketones is 1. The fraction of sp³-hybridized carbons (Fsp3) is 0.273. The van der Waals surface area contributed by atoms with Gasteiger partial charge in [-0.1, -0.05) is 6.92 Å². The molecule has 0 aliphatic carbocycles. The summed E-state index contributed by atoms with van der Waals surface area (Å²) in [6.07, 6.45) is 4.51. The Morgan fingerprint density at radius 1 is 1.62 bits per heavy atom. The Hall–Kier alpha value is -0.940. The van der Waals surface area contributed by atoms with Crippen LogP contribution >= 0.6 is 27.3 Å². The SMILES string of the molecule is CCCn1ccnc1C(=O)c1csc(Br)c1. The maximum Gasteiger partial charge on any atom is 0.229 e. The molecule has 0 saturated heterocycles. The van der Waals surface area contributed by atoms with Crippen molar-refractivity contribution < 1.29 is 4.79 Å². The monoisotopic (exact) mass is 298 g/mol. The molecule has 2 heterocycles. The summed E-state index contributed by atoms with van der Waals surface area (Å²) in [4.78, 5) is 16.2. The summed E-state index contributed by atoms with van der Waals surface area (Å²) in [5.74, 6) is 0.507. The lowest BCUT2D eigenvalue weighted by molar-refractivity contribution is 0.102. The van der Waals surface area contributed by atoms with Crippen LogP contribution in [0.2, 0.25) is 0 Å². The minimum Gasteiger partial charge on any atom is -0.328 e. The summed E-state index contributed by atoms with van der Waals surface area (Å²) in [5.41, 5.74) is 0.695. The van der Waals surface area contributed by atoms with E-state index in [2.05, 4.69) is 27.8 Å². The molecule has 0 unspecified atom stereocenters. The summed E-state index contributed by atoms with van der Waals surface area (Å²) in [6, 6.07) is 1.83. The number of thiophene rings is 1. The van der Waals surface area contributed by atoms with E-state index in [0.29, 0.717) is 11.4 Å². The molecule has 2 aromatic rings. The highest BCUT2D eigenvalue weighted by Gasteiger charge is 2.15. The van der Waals surface area contributed by atoms with E-state index in [-0.39, 0.29) is 5.78 Å². The summed E-state index contributed by atoms with van der Waals surface area (Å²) in [6.45, 7) is 2.90. The van der Waals surface area contributed by atoms with Gasteiger partial charge < -0.3 is 4.57 Å². The average molecular weight is 299 g/mol. The van der Waals surface area contributed by atoms with Gasteiger partial charge in [0.15, 0.2) is 5.82 Å². The van der Waals surface area contributed by atoms with Crippen molar-refractivity contribution in [2.75, 3.05) is 0 Å². The molecule has 2 rings (SSSR count). The standard InChI is InChI=1S/C11H11BrN2OS/c1-2-4-14-5-3-13-11(14)10(15)8-6-9(12)16-7-8/h3,5-7H,2,4H2,1H3. The Morgan fingerprint density at radius 3 is 3.06 bits per heavy atom. The minimum absolute atomic E-state index is 0.0135. The second kappa shape index (κ2) is 4.93. The molecule has 0 saturated carbocycles. The van der Waals surface area contributed by atoms with E-state index in [9.17, 15) is 4.79 Å². The highest BCUT2D eigenvalue weighted by Crippen LogP contribution is 2.22. The Kier molecular flexibility index (Phi) is 3.56. The normalized spacial score (nSPS) is 10.6. The zero-order valence-electron chi connectivity index (χ0n) is 8.81. The van der Waals surface area contributed by atoms with Gasteiger partial charge in [0.05, 0.1) is 3.79 Å². The van der Waals surface area contributed by atoms with Crippen LogP contribution in [0.3, 0.4) is 0 Å². The lowest BCUT2D eigenvalue weighted by Gasteiger charge is -2.03. The van der Waals surface area contributed by atoms with Crippen LogP contribution in [0.25, 0.3) is 0 Å². The van der Waals surface area contributed by atoms with Crippen molar-refractivity contribution in [3.05, 3.63) is 39.0 Å². The fourth-order valence-corrected chi connectivity index (χ4v) is 2.63. The molecule has 2 aromatic heterocycles. The van der Waals surface area contributed by atoms with E-state index in [1.165, 1.54) is 11.3 Å². The zero-order chi connectivity index (χ0) is 11.5. The maximum absolute atomic E-state index is 12.1. The van der Waals surface area contributed by atoms with E-state index in [1.54, 1.807) is 6.20 Å². The Morgan fingerprint density at radius 2 is 2.44 bits per heavy atom. The second-order valence-corrected chi connectivity index (χ2v) is 5.70. The Labute approximate surface area is 106 Å². The van der Waals surface area contributed by atoms with Crippen LogP contribution in [0.4, 0.5) is 0 Å². The third kappa shape index (κ3) is 2.25. The van der Waals surface area contributed by atoms with Crippen LogP contribution < -0.4 is 0 Å². The fourth-order valence-electron chi connectivity index (χ4n) is 1.50. The quantitative estimate of drug-likeness (QED) is 0.812. The van der Waals surface area contributed by atoms with Crippen LogP contribution in [0.15, 0.2) is 27.6 Å². The lowest BCUT2D eigenvalue weighted by Crippen LogP contribution is -2.10. The topological polar surface area (TPSA) is 34.9 Å². The van der Waals surface area contributed by atoms with E-state index < -0.39 is 0 Å². The van der Waals surface area contributed by atoms with Gasteiger partial charge in [-0.25, -0.2) is 4.98 Å². The van der Waals surface area contributed by atoms with E-state index in [4.69, 9.17) is 0 Å². The summed E-state index contributed by atoms with van der Waals surface area (Å²) >= 11 is 4.86. The third-order valence-corrected chi connectivity index (χ3v) is 3.72. The number of hydrogen-bond donors (Lipinski definition) is 0. The van der Waals surface area contributed by atoms with Gasteiger partial charge in [-0.05, 0) is 28.4 Å². The number of hydrogen-bond acceptors (Lipinski definition) is 3. The van der Waals surface area contributed by atoms with Crippen molar-refractivity contribution >= 4 is 33.0 Å². The average Bonchev–Trinajstić information content (AvgIpc) is 2.87. The number of nitrogens with zero attached hydrogens (tertiary/aromatic N) is 2. The molecule has 5 heteroatoms. The first-order valence-electron chi connectivity index (χ1n) is 5.02. The first-order valence-corrected chi connectivity index (χ1v) is 6.69. The number of carbonyl (C=O) groups is 1. The minimum atomic E-state index is -0.0135. The highest BCUT2D eigenvalue weighted by molar-refractivity contribution is 9.11. The molecule has 0 N–H and O–H groups in total. The summed E-state index contributed by atoms with van der Waals surface area (Å²) in [7, 11) is 0. The van der Waals surface area contributed by atoms with Crippen molar-refractivity contribution in [3.8, 4) is 0 Å². The van der Waals surface area contributed by atoms with Gasteiger partial charge in [0, 0.05) is 29.9 Å². The van der Waals surface area contributed by atoms with Crippen molar-refractivity contribution in [1.82, 2.24) is 9.55 Å². The zero-order valence-corrected chi connectivity index (χ0v) is 11.2. The van der Waals surface area contributed by atoms with Gasteiger partial charge >= 0.3 is 0 Å². The largest absolute Gasteiger partial charge is 0.328 e. The summed E-state index contributed by atoms with van der Waals surface area (Å²) < 4.78 is 2.86. The number of halogens is 1. The maximum atomic E-state index is 12.1. The number of imidazole rings is 1. The molecular weight excluding hydrogens is 288 g/mol. The molecule has 0 bridgehead atoms. The molecule has 0 amide bonds. The molecule has 0 fully saturated rings. The van der Waals surface area contributed by atoms with Gasteiger partial charge in [0.1, 0.15) is 0 Å². The van der Waals surface area contributed by atoms with Gasteiger partial charge in [-0.2, -0.15) is 0 Å². The molecule has 0 spiro atoms. The molecule has 0 aromatic carbocycles. The Bertz CT molecular complexity index is 504. The van der Waals surface area contributed by atoms with Crippen LogP contribution in [0.5, 0.6) is 0 Å².